The number of ether oxygens (including phenoxy) is 1. The third-order valence-corrected chi connectivity index (χ3v) is 7.48. The van der Waals surface area contributed by atoms with Gasteiger partial charge in [-0.15, -0.1) is 0 Å². The molecule has 6 nitrogen and oxygen atoms in total. The summed E-state index contributed by atoms with van der Waals surface area (Å²) in [7, 11) is -3.34. The van der Waals surface area contributed by atoms with Crippen LogP contribution in [0.2, 0.25) is 0 Å². The highest BCUT2D eigenvalue weighted by Gasteiger charge is 2.37. The molecule has 3 aliphatic heterocycles. The Morgan fingerprint density at radius 2 is 1.83 bits per heavy atom. The topological polar surface area (TPSA) is 75.7 Å². The first-order chi connectivity index (χ1) is 13.9. The first-order valence-corrected chi connectivity index (χ1v) is 12.8. The number of carbonyl (C=O) groups is 1. The van der Waals surface area contributed by atoms with E-state index in [0.29, 0.717) is 25.5 Å². The Hall–Kier alpha value is -1.44. The summed E-state index contributed by atoms with van der Waals surface area (Å²) in [4.78, 5) is 15.0. The van der Waals surface area contributed by atoms with Gasteiger partial charge in [-0.3, -0.25) is 4.79 Å². The van der Waals surface area contributed by atoms with Gasteiger partial charge in [-0.1, -0.05) is 24.3 Å². The molecule has 1 aromatic rings. The van der Waals surface area contributed by atoms with E-state index in [4.69, 9.17) is 4.74 Å². The number of aryl methyl sites for hydroxylation is 1. The van der Waals surface area contributed by atoms with Crippen molar-refractivity contribution in [3.05, 3.63) is 35.4 Å². The lowest BCUT2D eigenvalue weighted by molar-refractivity contribution is -0.138. The van der Waals surface area contributed by atoms with Crippen molar-refractivity contribution in [2.45, 2.75) is 75.5 Å². The third-order valence-electron chi connectivity index (χ3n) is 6.74. The minimum atomic E-state index is -3.34. The Morgan fingerprint density at radius 1 is 1.07 bits per heavy atom. The van der Waals surface area contributed by atoms with E-state index in [2.05, 4.69) is 29.0 Å². The summed E-state index contributed by atoms with van der Waals surface area (Å²) in [5.74, 6) is 0.643. The number of sulfonamides is 1. The van der Waals surface area contributed by atoms with Gasteiger partial charge >= 0.3 is 0 Å². The number of nitrogens with one attached hydrogen (secondary N) is 1. The number of hydrogen-bond acceptors (Lipinski definition) is 4. The van der Waals surface area contributed by atoms with Crippen LogP contribution in [0.1, 0.15) is 62.0 Å². The van der Waals surface area contributed by atoms with Crippen molar-refractivity contribution in [2.24, 2.45) is 0 Å². The molecule has 2 fully saturated rings. The summed E-state index contributed by atoms with van der Waals surface area (Å²) in [6.45, 7) is 1.07. The van der Waals surface area contributed by atoms with Crippen LogP contribution in [0.5, 0.6) is 0 Å². The van der Waals surface area contributed by atoms with Crippen molar-refractivity contribution in [1.82, 2.24) is 9.62 Å². The summed E-state index contributed by atoms with van der Waals surface area (Å²) in [6, 6.07) is 8.03. The van der Waals surface area contributed by atoms with E-state index in [1.54, 1.807) is 0 Å². The second-order valence-corrected chi connectivity index (χ2v) is 10.6. The maximum absolute atomic E-state index is 13.1. The fourth-order valence-corrected chi connectivity index (χ4v) is 6.13. The van der Waals surface area contributed by atoms with Crippen molar-refractivity contribution in [3.63, 3.8) is 0 Å². The van der Waals surface area contributed by atoms with E-state index >= 15 is 0 Å². The van der Waals surface area contributed by atoms with Crippen LogP contribution >= 0.6 is 0 Å². The maximum Gasteiger partial charge on any atom is 0.223 e. The predicted octanol–water partition coefficient (Wildman–Crippen LogP) is 2.58. The molecule has 1 N–H and O–H groups in total. The smallest absolute Gasteiger partial charge is 0.223 e. The van der Waals surface area contributed by atoms with Crippen molar-refractivity contribution in [2.75, 3.05) is 19.4 Å². The van der Waals surface area contributed by atoms with E-state index in [1.807, 2.05) is 4.90 Å². The van der Waals surface area contributed by atoms with Crippen LogP contribution in [-0.4, -0.2) is 56.8 Å². The van der Waals surface area contributed by atoms with E-state index in [-0.39, 0.29) is 24.1 Å². The van der Waals surface area contributed by atoms with E-state index in [9.17, 15) is 13.2 Å². The average Bonchev–Trinajstić information content (AvgIpc) is 2.71. The van der Waals surface area contributed by atoms with Crippen molar-refractivity contribution < 1.29 is 17.9 Å². The SMILES string of the molecule is CS(=O)(=O)N[C@H]1CCCN2C(=O)CCc3ccccc3[C@H]3CC[C@H](CC3)OC[C@@H]12. The van der Waals surface area contributed by atoms with Crippen LogP contribution in [0.4, 0.5) is 0 Å². The Balaban J connectivity index is 1.61. The maximum atomic E-state index is 13.1. The zero-order chi connectivity index (χ0) is 20.4. The molecule has 7 heteroatoms. The summed E-state index contributed by atoms with van der Waals surface area (Å²) in [5, 5.41) is 0. The second-order valence-electron chi connectivity index (χ2n) is 8.80. The summed E-state index contributed by atoms with van der Waals surface area (Å²) < 4.78 is 32.8. The molecule has 5 rings (SSSR count). The molecule has 1 saturated heterocycles. The molecular weight excluding hydrogens is 388 g/mol. The van der Waals surface area contributed by atoms with Crippen LogP contribution in [0, 0.1) is 0 Å². The minimum absolute atomic E-state index is 0.0972. The molecule has 1 saturated carbocycles. The number of nitrogens with zero attached hydrogens (tertiary/aromatic N) is 1. The van der Waals surface area contributed by atoms with Gasteiger partial charge in [0.1, 0.15) is 0 Å². The molecule has 160 valence electrons. The molecule has 3 heterocycles. The van der Waals surface area contributed by atoms with E-state index < -0.39 is 10.0 Å². The van der Waals surface area contributed by atoms with Crippen LogP contribution in [0.15, 0.2) is 24.3 Å². The molecule has 1 aliphatic carbocycles. The molecule has 0 spiro atoms. The molecule has 0 unspecified atom stereocenters. The largest absolute Gasteiger partial charge is 0.376 e. The molecule has 1 amide bonds. The van der Waals surface area contributed by atoms with Crippen molar-refractivity contribution >= 4 is 15.9 Å². The molecule has 2 atom stereocenters. The fourth-order valence-electron chi connectivity index (χ4n) is 5.31. The zero-order valence-corrected chi connectivity index (χ0v) is 18.0. The molecular formula is C22H32N2O4S. The van der Waals surface area contributed by atoms with Gasteiger partial charge in [0, 0.05) is 19.0 Å². The lowest BCUT2D eigenvalue weighted by atomic mass is 9.80. The third kappa shape index (κ3) is 5.01. The Kier molecular flexibility index (Phi) is 6.27. The minimum Gasteiger partial charge on any atom is -0.376 e. The van der Waals surface area contributed by atoms with Gasteiger partial charge in [-0.25, -0.2) is 13.1 Å². The zero-order valence-electron chi connectivity index (χ0n) is 17.2. The van der Waals surface area contributed by atoms with Gasteiger partial charge in [0.05, 0.1) is 25.0 Å². The van der Waals surface area contributed by atoms with E-state index in [1.165, 1.54) is 17.4 Å². The first-order valence-electron chi connectivity index (χ1n) is 10.9. The predicted molar refractivity (Wildman–Crippen MR) is 112 cm³/mol. The lowest BCUT2D eigenvalue weighted by Gasteiger charge is -2.42. The lowest BCUT2D eigenvalue weighted by Crippen LogP contribution is -2.59. The van der Waals surface area contributed by atoms with Crippen LogP contribution in [0.25, 0.3) is 0 Å². The van der Waals surface area contributed by atoms with Gasteiger partial charge < -0.3 is 9.64 Å². The van der Waals surface area contributed by atoms with E-state index in [0.717, 1.165) is 44.9 Å². The Bertz CT molecular complexity index is 833. The highest BCUT2D eigenvalue weighted by Crippen LogP contribution is 2.36. The number of piperidine rings is 1. The summed E-state index contributed by atoms with van der Waals surface area (Å²) in [6.07, 6.45) is 8.36. The average molecular weight is 421 g/mol. The highest BCUT2D eigenvalue weighted by molar-refractivity contribution is 7.88. The second kappa shape index (κ2) is 8.74. The summed E-state index contributed by atoms with van der Waals surface area (Å²) >= 11 is 0. The number of fused-ring (bicyclic) bond motifs is 5. The Labute approximate surface area is 174 Å². The fraction of sp³-hybridized carbons (Fsp3) is 0.682. The van der Waals surface area contributed by atoms with Gasteiger partial charge in [0.25, 0.3) is 0 Å². The van der Waals surface area contributed by atoms with Gasteiger partial charge in [-0.05, 0) is 62.0 Å². The molecule has 4 aliphatic rings. The van der Waals surface area contributed by atoms with Crippen LogP contribution in [0.3, 0.4) is 0 Å². The number of amides is 1. The molecule has 0 radical (unpaired) electrons. The molecule has 1 aromatic carbocycles. The molecule has 2 bridgehead atoms. The normalized spacial score (nSPS) is 31.2. The number of rotatable bonds is 2. The standard InChI is InChI=1S/C22H32N2O4S/c1-29(26,27)23-20-7-4-14-24-21(20)15-28-18-11-8-17(9-12-18)19-6-3-2-5-16(19)10-13-22(24)25/h2-3,5-6,17-18,20-21,23H,4,7-15H2,1H3/t17-,18+,20-,21-/m0/s1. The monoisotopic (exact) mass is 420 g/mol. The van der Waals surface area contributed by atoms with Crippen molar-refractivity contribution in [3.8, 4) is 0 Å². The summed E-state index contributed by atoms with van der Waals surface area (Å²) in [5.41, 5.74) is 2.67. The number of carbonyl (C=O) groups excluding carboxylic acids is 1. The van der Waals surface area contributed by atoms with Gasteiger partial charge in [0.15, 0.2) is 0 Å². The number of benzene rings is 1. The van der Waals surface area contributed by atoms with Crippen molar-refractivity contribution in [1.29, 1.82) is 0 Å². The van der Waals surface area contributed by atoms with Gasteiger partial charge in [-0.2, -0.15) is 0 Å². The molecule has 0 aromatic heterocycles. The molecule has 29 heavy (non-hydrogen) atoms. The van der Waals surface area contributed by atoms with Crippen LogP contribution < -0.4 is 4.72 Å². The Morgan fingerprint density at radius 3 is 2.59 bits per heavy atom. The first kappa shape index (κ1) is 20.8. The van der Waals surface area contributed by atoms with Crippen LogP contribution in [-0.2, 0) is 26.0 Å². The highest BCUT2D eigenvalue weighted by atomic mass is 32.2. The number of hydrogen-bond donors (Lipinski definition) is 1. The van der Waals surface area contributed by atoms with Gasteiger partial charge in [0.2, 0.25) is 15.9 Å². The quantitative estimate of drug-likeness (QED) is 0.798.